The molecule has 0 spiro atoms. The molecule has 106 valence electrons. The maximum Gasteiger partial charge on any atom is 0.148 e. The zero-order chi connectivity index (χ0) is 14.7. The molecule has 0 aliphatic rings. The molecule has 4 N–H and O–H groups in total. The van der Waals surface area contributed by atoms with Gasteiger partial charge in [-0.25, -0.2) is 24.6 Å². The number of rotatable bonds is 4. The van der Waals surface area contributed by atoms with Crippen LogP contribution in [0, 0.1) is 18.6 Å². The highest BCUT2D eigenvalue weighted by Crippen LogP contribution is 2.24. The van der Waals surface area contributed by atoms with Gasteiger partial charge in [-0.3, -0.25) is 0 Å². The molecule has 0 aliphatic heterocycles. The van der Waals surface area contributed by atoms with Gasteiger partial charge >= 0.3 is 0 Å². The van der Waals surface area contributed by atoms with Gasteiger partial charge in [0.05, 0.1) is 0 Å². The first-order chi connectivity index (χ1) is 9.53. The summed E-state index contributed by atoms with van der Waals surface area (Å²) in [7, 11) is 0. The molecule has 0 fully saturated rings. The highest BCUT2D eigenvalue weighted by Gasteiger charge is 2.10. The molecule has 0 amide bonds. The molecule has 0 bridgehead atoms. The van der Waals surface area contributed by atoms with Gasteiger partial charge in [0.15, 0.2) is 0 Å². The Morgan fingerprint density at radius 3 is 2.25 bits per heavy atom. The second kappa shape index (κ2) is 5.79. The second-order valence-corrected chi connectivity index (χ2v) is 4.24. The largest absolute Gasteiger partial charge is 0.340 e. The summed E-state index contributed by atoms with van der Waals surface area (Å²) < 4.78 is 26.4. The Balaban J connectivity index is 2.41. The minimum atomic E-state index is -0.660. The summed E-state index contributed by atoms with van der Waals surface area (Å²) in [5.41, 5.74) is 3.41. The van der Waals surface area contributed by atoms with Crippen LogP contribution >= 0.6 is 0 Å². The number of aromatic nitrogens is 2. The molecular weight excluding hydrogens is 264 g/mol. The molecule has 5 nitrogen and oxygen atoms in total. The fourth-order valence-corrected chi connectivity index (χ4v) is 1.75. The first kappa shape index (κ1) is 14.1. The van der Waals surface area contributed by atoms with Crippen LogP contribution in [0.1, 0.15) is 18.3 Å². The third-order valence-corrected chi connectivity index (χ3v) is 2.77. The van der Waals surface area contributed by atoms with E-state index in [1.165, 1.54) is 12.1 Å². The van der Waals surface area contributed by atoms with E-state index in [9.17, 15) is 8.78 Å². The Kier molecular flexibility index (Phi) is 4.09. The van der Waals surface area contributed by atoms with Gasteiger partial charge in [-0.1, -0.05) is 6.92 Å². The van der Waals surface area contributed by atoms with E-state index in [0.717, 1.165) is 6.07 Å². The van der Waals surface area contributed by atoms with Gasteiger partial charge in [0, 0.05) is 23.7 Å². The smallest absolute Gasteiger partial charge is 0.148 e. The van der Waals surface area contributed by atoms with Crippen LogP contribution in [-0.4, -0.2) is 9.97 Å². The number of nitrogens with two attached hydrogens (primary N) is 1. The van der Waals surface area contributed by atoms with Crippen LogP contribution in [-0.2, 0) is 6.42 Å². The van der Waals surface area contributed by atoms with E-state index in [4.69, 9.17) is 5.84 Å². The number of hydrazine groups is 1. The summed E-state index contributed by atoms with van der Waals surface area (Å²) in [5, 5.41) is 2.88. The van der Waals surface area contributed by atoms with Crippen LogP contribution in [0.2, 0.25) is 0 Å². The first-order valence-corrected chi connectivity index (χ1v) is 6.10. The maximum absolute atomic E-state index is 13.2. The minimum Gasteiger partial charge on any atom is -0.340 e. The van der Waals surface area contributed by atoms with Crippen molar-refractivity contribution in [2.75, 3.05) is 10.7 Å². The molecule has 0 unspecified atom stereocenters. The molecule has 2 aromatic rings. The molecule has 0 aliphatic carbocycles. The molecule has 0 saturated heterocycles. The van der Waals surface area contributed by atoms with Crippen molar-refractivity contribution in [1.29, 1.82) is 0 Å². The fourth-order valence-electron chi connectivity index (χ4n) is 1.75. The van der Waals surface area contributed by atoms with Crippen LogP contribution in [0.4, 0.5) is 26.1 Å². The minimum absolute atomic E-state index is 0.273. The van der Waals surface area contributed by atoms with Crippen molar-refractivity contribution >= 4 is 17.3 Å². The number of benzene rings is 1. The number of nitrogens with one attached hydrogen (secondary N) is 2. The molecule has 1 aromatic carbocycles. The van der Waals surface area contributed by atoms with Crippen molar-refractivity contribution < 1.29 is 8.78 Å². The second-order valence-electron chi connectivity index (χ2n) is 4.24. The summed E-state index contributed by atoms with van der Waals surface area (Å²) in [4.78, 5) is 8.50. The number of nitrogens with zero attached hydrogens (tertiary/aromatic N) is 2. The summed E-state index contributed by atoms with van der Waals surface area (Å²) >= 11 is 0. The zero-order valence-electron chi connectivity index (χ0n) is 11.2. The number of nitrogen functional groups attached to an aromatic ring is 1. The van der Waals surface area contributed by atoms with Crippen LogP contribution in [0.15, 0.2) is 18.2 Å². The molecule has 0 atom stereocenters. The van der Waals surface area contributed by atoms with Crippen molar-refractivity contribution in [1.82, 2.24) is 9.97 Å². The van der Waals surface area contributed by atoms with Gasteiger partial charge in [0.25, 0.3) is 0 Å². The quantitative estimate of drug-likeness (QED) is 0.592. The molecule has 1 heterocycles. The Morgan fingerprint density at radius 1 is 1.10 bits per heavy atom. The first-order valence-electron chi connectivity index (χ1n) is 6.10. The van der Waals surface area contributed by atoms with Crippen molar-refractivity contribution in [3.63, 3.8) is 0 Å². The molecule has 0 radical (unpaired) electrons. The Labute approximate surface area is 115 Å². The van der Waals surface area contributed by atoms with E-state index in [2.05, 4.69) is 20.7 Å². The third-order valence-electron chi connectivity index (χ3n) is 2.77. The van der Waals surface area contributed by atoms with Crippen molar-refractivity contribution in [3.8, 4) is 0 Å². The van der Waals surface area contributed by atoms with Gasteiger partial charge in [-0.2, -0.15) is 0 Å². The van der Waals surface area contributed by atoms with Crippen molar-refractivity contribution in [2.24, 2.45) is 5.84 Å². The van der Waals surface area contributed by atoms with E-state index >= 15 is 0 Å². The lowest BCUT2D eigenvalue weighted by molar-refractivity contribution is 0.584. The monoisotopic (exact) mass is 279 g/mol. The molecule has 0 saturated carbocycles. The lowest BCUT2D eigenvalue weighted by Crippen LogP contribution is -2.14. The van der Waals surface area contributed by atoms with Crippen molar-refractivity contribution in [3.05, 3.63) is 41.2 Å². The topological polar surface area (TPSA) is 75.9 Å². The summed E-state index contributed by atoms with van der Waals surface area (Å²) in [6.45, 7) is 3.66. The highest BCUT2D eigenvalue weighted by molar-refractivity contribution is 5.64. The molecule has 20 heavy (non-hydrogen) atoms. The normalized spacial score (nSPS) is 10.4. The molecule has 1 aromatic heterocycles. The van der Waals surface area contributed by atoms with Crippen LogP contribution in [0.5, 0.6) is 0 Å². The summed E-state index contributed by atoms with van der Waals surface area (Å²) in [5.74, 6) is 5.57. The molecule has 2 rings (SSSR count). The third kappa shape index (κ3) is 3.00. The number of halogens is 2. The van der Waals surface area contributed by atoms with Gasteiger partial charge in [0.2, 0.25) is 0 Å². The number of hydrogen-bond acceptors (Lipinski definition) is 5. The number of anilines is 3. The van der Waals surface area contributed by atoms with E-state index in [-0.39, 0.29) is 5.69 Å². The molecular formula is C13H15F2N5. The average Bonchev–Trinajstić information content (AvgIpc) is 2.40. The van der Waals surface area contributed by atoms with E-state index in [1.807, 2.05) is 6.92 Å². The average molecular weight is 279 g/mol. The predicted molar refractivity (Wildman–Crippen MR) is 73.6 cm³/mol. The van der Waals surface area contributed by atoms with Gasteiger partial charge in [-0.15, -0.1) is 0 Å². The van der Waals surface area contributed by atoms with Crippen LogP contribution in [0.25, 0.3) is 0 Å². The predicted octanol–water partition coefficient (Wildman–Crippen LogP) is 2.65. The highest BCUT2D eigenvalue weighted by atomic mass is 19.1. The van der Waals surface area contributed by atoms with Crippen LogP contribution < -0.4 is 16.6 Å². The van der Waals surface area contributed by atoms with Gasteiger partial charge in [0.1, 0.15) is 29.1 Å². The van der Waals surface area contributed by atoms with E-state index in [0.29, 0.717) is 29.4 Å². The Morgan fingerprint density at radius 2 is 1.70 bits per heavy atom. The Hall–Kier alpha value is -2.28. The van der Waals surface area contributed by atoms with Gasteiger partial charge in [-0.05, 0) is 19.1 Å². The standard InChI is InChI=1S/C13H15F2N5/c1-3-11-18-12(7(2)13(19-11)20-16)17-10-5-8(14)4-9(15)6-10/h4-6H,3,16H2,1-2H3,(H2,17,18,19,20). The number of hydrogen-bond donors (Lipinski definition) is 3. The van der Waals surface area contributed by atoms with Gasteiger partial charge < -0.3 is 10.7 Å². The SMILES string of the molecule is CCc1nc(NN)c(C)c(Nc2cc(F)cc(F)c2)n1. The van der Waals surface area contributed by atoms with E-state index < -0.39 is 11.6 Å². The summed E-state index contributed by atoms with van der Waals surface area (Å²) in [6.07, 6.45) is 0.612. The zero-order valence-corrected chi connectivity index (χ0v) is 11.2. The maximum atomic E-state index is 13.2. The summed E-state index contributed by atoms with van der Waals surface area (Å²) in [6, 6.07) is 3.18. The lowest BCUT2D eigenvalue weighted by Gasteiger charge is -2.13. The van der Waals surface area contributed by atoms with Crippen molar-refractivity contribution in [2.45, 2.75) is 20.3 Å². The number of aryl methyl sites for hydroxylation is 1. The van der Waals surface area contributed by atoms with E-state index in [1.54, 1.807) is 6.92 Å². The Bertz CT molecular complexity index is 610. The fraction of sp³-hybridized carbons (Fsp3) is 0.231. The lowest BCUT2D eigenvalue weighted by atomic mass is 10.2. The van der Waals surface area contributed by atoms with Crippen LogP contribution in [0.3, 0.4) is 0 Å². The molecule has 7 heteroatoms.